The van der Waals surface area contributed by atoms with Crippen molar-refractivity contribution in [2.45, 2.75) is 118 Å². The third-order valence-electron chi connectivity index (χ3n) is 13.6. The number of ether oxygens (including phenoxy) is 1. The molecule has 3 N–H and O–H groups in total. The Balaban J connectivity index is 1.65. The minimum Gasteiger partial charge on any atom is -0.469 e. The van der Waals surface area contributed by atoms with E-state index in [0.29, 0.717) is 18.3 Å². The molecular formula is C31H50O5. The molecule has 0 heterocycles. The zero-order valence-corrected chi connectivity index (χ0v) is 23.9. The van der Waals surface area contributed by atoms with E-state index < -0.39 is 23.2 Å². The highest BCUT2D eigenvalue weighted by Gasteiger charge is 2.72. The Kier molecular flexibility index (Phi) is 5.80. The van der Waals surface area contributed by atoms with Gasteiger partial charge in [-0.05, 0) is 97.7 Å². The molecule has 5 rings (SSSR count). The number of carbonyl (C=O) groups is 1. The van der Waals surface area contributed by atoms with Crippen molar-refractivity contribution in [3.8, 4) is 0 Å². The molecule has 5 aliphatic rings. The first-order valence-electron chi connectivity index (χ1n) is 14.4. The maximum Gasteiger partial charge on any atom is 0.312 e. The predicted molar refractivity (Wildman–Crippen MR) is 140 cm³/mol. The molecule has 204 valence electrons. The molecular weight excluding hydrogens is 452 g/mol. The number of carbonyl (C=O) groups excluding carboxylic acids is 1. The smallest absolute Gasteiger partial charge is 0.312 e. The number of hydrogen-bond acceptors (Lipinski definition) is 5. The quantitative estimate of drug-likeness (QED) is 0.336. The van der Waals surface area contributed by atoms with Crippen LogP contribution >= 0.6 is 0 Å². The Labute approximate surface area is 218 Å². The summed E-state index contributed by atoms with van der Waals surface area (Å²) in [5.74, 6) is 0.430. The molecule has 0 radical (unpaired) electrons. The van der Waals surface area contributed by atoms with E-state index in [1.54, 1.807) is 0 Å². The second-order valence-corrected chi connectivity index (χ2v) is 15.1. The standard InChI is InChI=1S/C31H50O5/c1-18-11-14-31(25(34)36-8)16-15-28(5)19(23(31)30(18,7)35)9-10-22-27(4)17-20(32)24(33)26(2,3)21(27)12-13-29(22,28)6/h9,18,20-24,32-33,35H,10-17H2,1-8H3/t18-,20-,21?,22-,23+,24+,27+,28-,29-,30-,31+/m1/s1. The lowest BCUT2D eigenvalue weighted by atomic mass is 9.33. The first kappa shape index (κ1) is 26.7. The van der Waals surface area contributed by atoms with E-state index >= 15 is 0 Å². The van der Waals surface area contributed by atoms with Gasteiger partial charge in [-0.1, -0.05) is 53.2 Å². The molecule has 0 saturated heterocycles. The Morgan fingerprint density at radius 3 is 2.28 bits per heavy atom. The number of allylic oxidation sites excluding steroid dienone is 1. The average molecular weight is 503 g/mol. The van der Waals surface area contributed by atoms with Gasteiger partial charge in [-0.3, -0.25) is 4.79 Å². The topological polar surface area (TPSA) is 87.0 Å². The Morgan fingerprint density at radius 1 is 0.972 bits per heavy atom. The van der Waals surface area contributed by atoms with Gasteiger partial charge in [0.15, 0.2) is 0 Å². The van der Waals surface area contributed by atoms with E-state index in [0.717, 1.165) is 44.9 Å². The number of aliphatic hydroxyl groups excluding tert-OH is 2. The summed E-state index contributed by atoms with van der Waals surface area (Å²) in [6.07, 6.45) is 7.88. The van der Waals surface area contributed by atoms with Gasteiger partial charge >= 0.3 is 5.97 Å². The summed E-state index contributed by atoms with van der Waals surface area (Å²) in [7, 11) is 1.49. The predicted octanol–water partition coefficient (Wildman–Crippen LogP) is 5.26. The summed E-state index contributed by atoms with van der Waals surface area (Å²) in [6, 6.07) is 0. The molecule has 5 aliphatic carbocycles. The van der Waals surface area contributed by atoms with Crippen LogP contribution in [-0.4, -0.2) is 46.2 Å². The highest BCUT2D eigenvalue weighted by Crippen LogP contribution is 2.76. The number of hydrogen-bond donors (Lipinski definition) is 3. The lowest BCUT2D eigenvalue weighted by Crippen LogP contribution is -2.68. The van der Waals surface area contributed by atoms with E-state index in [2.05, 4.69) is 47.6 Å². The van der Waals surface area contributed by atoms with E-state index in [4.69, 9.17) is 4.74 Å². The van der Waals surface area contributed by atoms with Crippen LogP contribution in [0.3, 0.4) is 0 Å². The summed E-state index contributed by atoms with van der Waals surface area (Å²) < 4.78 is 5.43. The van der Waals surface area contributed by atoms with E-state index in [1.807, 2.05) is 6.92 Å². The molecule has 1 unspecified atom stereocenters. The summed E-state index contributed by atoms with van der Waals surface area (Å²) in [5, 5.41) is 34.0. The molecule has 5 heteroatoms. The molecule has 0 spiro atoms. The van der Waals surface area contributed by atoms with Crippen LogP contribution in [0.2, 0.25) is 0 Å². The molecule has 0 amide bonds. The second kappa shape index (κ2) is 7.82. The summed E-state index contributed by atoms with van der Waals surface area (Å²) in [5.41, 5.74) is -0.928. The van der Waals surface area contributed by atoms with Crippen LogP contribution in [0.5, 0.6) is 0 Å². The van der Waals surface area contributed by atoms with Gasteiger partial charge in [-0.15, -0.1) is 0 Å². The molecule has 0 bridgehead atoms. The van der Waals surface area contributed by atoms with Crippen LogP contribution in [0.15, 0.2) is 11.6 Å². The van der Waals surface area contributed by atoms with Gasteiger partial charge in [0, 0.05) is 5.92 Å². The number of aliphatic hydroxyl groups is 3. The third kappa shape index (κ3) is 2.97. The highest BCUT2D eigenvalue weighted by molar-refractivity contribution is 5.79. The molecule has 4 fully saturated rings. The molecule has 11 atom stereocenters. The van der Waals surface area contributed by atoms with Crippen molar-refractivity contribution in [2.75, 3.05) is 7.11 Å². The van der Waals surface area contributed by atoms with Gasteiger partial charge in [0.1, 0.15) is 0 Å². The van der Waals surface area contributed by atoms with Crippen LogP contribution in [0, 0.1) is 50.7 Å². The maximum atomic E-state index is 13.4. The van der Waals surface area contributed by atoms with Crippen LogP contribution in [0.25, 0.3) is 0 Å². The largest absolute Gasteiger partial charge is 0.469 e. The van der Waals surface area contributed by atoms with E-state index in [9.17, 15) is 20.1 Å². The first-order chi connectivity index (χ1) is 16.5. The fourth-order valence-electron chi connectivity index (χ4n) is 11.2. The Morgan fingerprint density at radius 2 is 1.64 bits per heavy atom. The lowest BCUT2D eigenvalue weighted by molar-refractivity contribution is -0.237. The molecule has 5 nitrogen and oxygen atoms in total. The minimum absolute atomic E-state index is 0.0144. The molecule has 0 aromatic rings. The summed E-state index contributed by atoms with van der Waals surface area (Å²) >= 11 is 0. The van der Waals surface area contributed by atoms with Crippen molar-refractivity contribution in [1.29, 1.82) is 0 Å². The van der Waals surface area contributed by atoms with Crippen molar-refractivity contribution in [3.63, 3.8) is 0 Å². The Hall–Kier alpha value is -0.910. The van der Waals surface area contributed by atoms with Gasteiger partial charge in [0.2, 0.25) is 0 Å². The molecule has 0 aliphatic heterocycles. The highest BCUT2D eigenvalue weighted by atomic mass is 16.5. The SMILES string of the molecule is COC(=O)[C@]12CC[C@@H](C)[C@@](C)(O)[C@@H]1C1=CC[C@@H]3[C@@]4(C)C[C@@H](O)[C@H](O)C(C)(C)C4CC[C@@]3(C)[C@]1(C)CC2. The number of rotatable bonds is 1. The van der Waals surface area contributed by atoms with Gasteiger partial charge in [0.05, 0.1) is 30.3 Å². The summed E-state index contributed by atoms with van der Waals surface area (Å²) in [4.78, 5) is 13.4. The molecule has 4 saturated carbocycles. The van der Waals surface area contributed by atoms with Gasteiger partial charge in [0.25, 0.3) is 0 Å². The molecule has 0 aromatic heterocycles. The third-order valence-corrected chi connectivity index (χ3v) is 13.6. The van der Waals surface area contributed by atoms with Crippen LogP contribution in [0.4, 0.5) is 0 Å². The monoisotopic (exact) mass is 502 g/mol. The zero-order chi connectivity index (χ0) is 26.7. The number of fused-ring (bicyclic) bond motifs is 7. The van der Waals surface area contributed by atoms with E-state index in [-0.39, 0.29) is 39.5 Å². The van der Waals surface area contributed by atoms with Crippen molar-refractivity contribution in [3.05, 3.63) is 11.6 Å². The van der Waals surface area contributed by atoms with Gasteiger partial charge < -0.3 is 20.1 Å². The molecule has 0 aromatic carbocycles. The average Bonchev–Trinajstić information content (AvgIpc) is 2.80. The van der Waals surface area contributed by atoms with Crippen molar-refractivity contribution >= 4 is 5.97 Å². The summed E-state index contributed by atoms with van der Waals surface area (Å²) in [6.45, 7) is 15.6. The number of esters is 1. The fourth-order valence-corrected chi connectivity index (χ4v) is 11.2. The Bertz CT molecular complexity index is 968. The number of methoxy groups -OCH3 is 1. The minimum atomic E-state index is -0.975. The van der Waals surface area contributed by atoms with Crippen molar-refractivity contribution in [1.82, 2.24) is 0 Å². The van der Waals surface area contributed by atoms with Crippen molar-refractivity contribution < 1.29 is 24.9 Å². The normalized spacial score (nSPS) is 55.8. The molecule has 36 heavy (non-hydrogen) atoms. The van der Waals surface area contributed by atoms with Crippen molar-refractivity contribution in [2.24, 2.45) is 50.7 Å². The second-order valence-electron chi connectivity index (χ2n) is 15.1. The lowest BCUT2D eigenvalue weighted by Gasteiger charge is -2.72. The van der Waals surface area contributed by atoms with Gasteiger partial charge in [-0.2, -0.15) is 0 Å². The van der Waals surface area contributed by atoms with Gasteiger partial charge in [-0.25, -0.2) is 0 Å². The van der Waals surface area contributed by atoms with Crippen LogP contribution in [0.1, 0.15) is 99.8 Å². The fraction of sp³-hybridized carbons (Fsp3) is 0.903. The zero-order valence-electron chi connectivity index (χ0n) is 23.9. The maximum absolute atomic E-state index is 13.4. The van der Waals surface area contributed by atoms with E-state index in [1.165, 1.54) is 12.7 Å². The first-order valence-corrected chi connectivity index (χ1v) is 14.4. The van der Waals surface area contributed by atoms with Crippen LogP contribution in [-0.2, 0) is 9.53 Å². The van der Waals surface area contributed by atoms with Crippen LogP contribution < -0.4 is 0 Å².